The van der Waals surface area contributed by atoms with Gasteiger partial charge in [0.2, 0.25) is 11.8 Å². The molecule has 4 heterocycles. The van der Waals surface area contributed by atoms with Gasteiger partial charge >= 0.3 is 6.18 Å². The number of hydrogen-bond acceptors (Lipinski definition) is 7. The molecule has 1 amide bonds. The number of terminal acetylenes is 1. The predicted octanol–water partition coefficient (Wildman–Crippen LogP) is 3.70. The topological polar surface area (TPSA) is 124 Å². The molecule has 10 nitrogen and oxygen atoms in total. The number of ether oxygens (including phenoxy) is 2. The first-order valence-corrected chi connectivity index (χ1v) is 12.0. The van der Waals surface area contributed by atoms with E-state index in [1.165, 1.54) is 25.3 Å². The van der Waals surface area contributed by atoms with Crippen molar-refractivity contribution in [2.45, 2.75) is 32.2 Å². The van der Waals surface area contributed by atoms with Gasteiger partial charge in [-0.3, -0.25) is 9.59 Å². The van der Waals surface area contributed by atoms with Gasteiger partial charge in [-0.1, -0.05) is 36.3 Å². The van der Waals surface area contributed by atoms with Crippen LogP contribution >= 0.6 is 0 Å². The number of benzene rings is 1. The number of oxazole rings is 1. The number of rotatable bonds is 7. The van der Waals surface area contributed by atoms with E-state index >= 15 is 0 Å². The number of nitrogens with one attached hydrogen (secondary N) is 2. The van der Waals surface area contributed by atoms with Crippen molar-refractivity contribution in [1.29, 1.82) is 0 Å². The van der Waals surface area contributed by atoms with Gasteiger partial charge in [-0.2, -0.15) is 22.8 Å². The fourth-order valence-corrected chi connectivity index (χ4v) is 4.47. The van der Waals surface area contributed by atoms with E-state index in [4.69, 9.17) is 20.3 Å². The molecule has 0 aliphatic carbocycles. The minimum atomic E-state index is -4.88. The van der Waals surface area contributed by atoms with Gasteiger partial charge in [0.25, 0.3) is 5.56 Å². The number of halogens is 3. The molecule has 3 aromatic heterocycles. The summed E-state index contributed by atoms with van der Waals surface area (Å²) in [5, 5.41) is 6.30. The zero-order valence-electron chi connectivity index (χ0n) is 21.3. The number of allylic oxidation sites excluding steroid dienone is 1. The molecule has 13 heteroatoms. The number of hydrogen-bond donors (Lipinski definition) is 2. The smallest absolute Gasteiger partial charge is 0.435 e. The summed E-state index contributed by atoms with van der Waals surface area (Å²) in [6, 6.07) is 7.75. The first kappa shape index (κ1) is 26.8. The molecular weight excluding hydrogens is 531 g/mol. The summed E-state index contributed by atoms with van der Waals surface area (Å²) in [6.45, 7) is 1.63. The van der Waals surface area contributed by atoms with Gasteiger partial charge in [0.1, 0.15) is 28.8 Å². The Hall–Kier alpha value is -4.83. The average molecular weight is 553 g/mol. The standard InChI is InChI=1S/C27H22F3N5O5/c1-4-8-17(38-3)21-14(2)40-25(33-21)20-16(13-39-18-11-12-31-24(18)36)32-23-19(15-9-6-5-7-10-15)22(27(28,29)30)34-35(23)26(20)37/h1,5-10,18,32H,11-13H2,2-3H3,(H,31,36)/b17-8+. The van der Waals surface area contributed by atoms with Gasteiger partial charge in [-0.25, -0.2) is 4.98 Å². The van der Waals surface area contributed by atoms with Crippen LogP contribution in [0.5, 0.6) is 0 Å². The van der Waals surface area contributed by atoms with Crippen LogP contribution in [-0.4, -0.2) is 45.2 Å². The zero-order valence-corrected chi connectivity index (χ0v) is 21.3. The number of alkyl halides is 3. The largest absolute Gasteiger partial charge is 0.494 e. The Labute approximate surface area is 224 Å². The summed E-state index contributed by atoms with van der Waals surface area (Å²) in [7, 11) is 1.37. The number of H-pyrrole nitrogens is 1. The quantitative estimate of drug-likeness (QED) is 0.264. The molecule has 1 saturated heterocycles. The van der Waals surface area contributed by atoms with E-state index in [0.29, 0.717) is 17.5 Å². The van der Waals surface area contributed by atoms with Crippen molar-refractivity contribution < 1.29 is 31.9 Å². The second-order valence-corrected chi connectivity index (χ2v) is 8.81. The number of carbonyl (C=O) groups is 1. The maximum Gasteiger partial charge on any atom is 0.435 e. The van der Waals surface area contributed by atoms with Crippen LogP contribution in [0.15, 0.2) is 45.6 Å². The number of nitrogens with zero attached hydrogens (tertiary/aromatic N) is 3. The number of fused-ring (bicyclic) bond motifs is 1. The van der Waals surface area contributed by atoms with E-state index in [0.717, 1.165) is 0 Å². The third kappa shape index (κ3) is 4.73. The Balaban J connectivity index is 1.77. The summed E-state index contributed by atoms with van der Waals surface area (Å²) in [4.78, 5) is 33.2. The first-order chi connectivity index (χ1) is 19.1. The van der Waals surface area contributed by atoms with Gasteiger partial charge < -0.3 is 24.2 Å². The van der Waals surface area contributed by atoms with Gasteiger partial charge in [0.05, 0.1) is 25.0 Å². The van der Waals surface area contributed by atoms with Crippen molar-refractivity contribution >= 4 is 17.3 Å². The number of methoxy groups -OCH3 is 1. The third-order valence-electron chi connectivity index (χ3n) is 6.30. The minimum absolute atomic E-state index is 0.0377. The lowest BCUT2D eigenvalue weighted by molar-refractivity contribution is -0.140. The summed E-state index contributed by atoms with van der Waals surface area (Å²) in [6.07, 6.45) is 1.36. The molecule has 0 bridgehead atoms. The van der Waals surface area contributed by atoms with E-state index in [1.807, 2.05) is 0 Å². The maximum absolute atomic E-state index is 14.2. The fourth-order valence-electron chi connectivity index (χ4n) is 4.47. The van der Waals surface area contributed by atoms with Gasteiger partial charge in [-0.05, 0) is 18.9 Å². The molecule has 1 aliphatic heterocycles. The van der Waals surface area contributed by atoms with E-state index < -0.39 is 23.5 Å². The van der Waals surface area contributed by atoms with Crippen LogP contribution in [-0.2, 0) is 27.1 Å². The predicted molar refractivity (Wildman–Crippen MR) is 137 cm³/mol. The Morgan fingerprint density at radius 3 is 2.65 bits per heavy atom. The number of aromatic nitrogens is 4. The van der Waals surface area contributed by atoms with Gasteiger partial charge in [-0.15, -0.1) is 6.42 Å². The molecule has 0 saturated carbocycles. The molecule has 0 radical (unpaired) electrons. The summed E-state index contributed by atoms with van der Waals surface area (Å²) < 4.78 is 59.9. The van der Waals surface area contributed by atoms with Crippen LogP contribution in [0.4, 0.5) is 13.2 Å². The first-order valence-electron chi connectivity index (χ1n) is 12.0. The van der Waals surface area contributed by atoms with Gasteiger partial charge in [0, 0.05) is 12.6 Å². The van der Waals surface area contributed by atoms with Crippen molar-refractivity contribution in [3.05, 3.63) is 69.6 Å². The van der Waals surface area contributed by atoms with Crippen LogP contribution in [0.3, 0.4) is 0 Å². The van der Waals surface area contributed by atoms with Crippen molar-refractivity contribution in [3.8, 4) is 34.9 Å². The van der Waals surface area contributed by atoms with Crippen molar-refractivity contribution in [2.24, 2.45) is 0 Å². The lowest BCUT2D eigenvalue weighted by Gasteiger charge is -2.12. The summed E-state index contributed by atoms with van der Waals surface area (Å²) in [5.41, 5.74) is -2.54. The van der Waals surface area contributed by atoms with E-state index in [-0.39, 0.29) is 63.6 Å². The van der Waals surface area contributed by atoms with Gasteiger partial charge in [0.15, 0.2) is 11.5 Å². The van der Waals surface area contributed by atoms with Crippen LogP contribution in [0, 0.1) is 19.3 Å². The zero-order chi connectivity index (χ0) is 28.6. The Bertz CT molecular complexity index is 1730. The lowest BCUT2D eigenvalue weighted by Crippen LogP contribution is -2.26. The fraction of sp³-hybridized carbons (Fsp3) is 0.259. The Morgan fingerprint density at radius 1 is 1.27 bits per heavy atom. The SMILES string of the molecule is C#C/C=C(/OC)c1nc(-c2c(COC3CCNC3=O)[nH]c3c(-c4ccccc4)c(C(F)(F)F)nn3c2=O)oc1C. The second kappa shape index (κ2) is 10.4. The maximum atomic E-state index is 14.2. The highest BCUT2D eigenvalue weighted by Gasteiger charge is 2.40. The molecule has 1 aromatic carbocycles. The van der Waals surface area contributed by atoms with Crippen molar-refractivity contribution in [2.75, 3.05) is 13.7 Å². The number of aryl methyl sites for hydroxylation is 1. The highest BCUT2D eigenvalue weighted by molar-refractivity contribution is 5.83. The molecule has 5 rings (SSSR count). The van der Waals surface area contributed by atoms with Crippen LogP contribution in [0.1, 0.15) is 29.3 Å². The molecule has 2 N–H and O–H groups in total. The molecule has 1 fully saturated rings. The highest BCUT2D eigenvalue weighted by atomic mass is 19.4. The van der Waals surface area contributed by atoms with E-state index in [9.17, 15) is 22.8 Å². The molecule has 206 valence electrons. The normalized spacial score (nSPS) is 15.8. The Kier molecular flexibility index (Phi) is 6.95. The summed E-state index contributed by atoms with van der Waals surface area (Å²) in [5.74, 6) is 2.17. The molecule has 0 spiro atoms. The molecule has 4 aromatic rings. The number of carbonyl (C=O) groups excluding carboxylic acids is 1. The second-order valence-electron chi connectivity index (χ2n) is 8.81. The van der Waals surface area contributed by atoms with Crippen molar-refractivity contribution in [3.63, 3.8) is 0 Å². The molecular formula is C27H22F3N5O5. The molecule has 1 atom stereocenters. The highest BCUT2D eigenvalue weighted by Crippen LogP contribution is 2.38. The van der Waals surface area contributed by atoms with Crippen LogP contribution < -0.4 is 10.9 Å². The summed E-state index contributed by atoms with van der Waals surface area (Å²) >= 11 is 0. The van der Waals surface area contributed by atoms with E-state index in [2.05, 4.69) is 26.3 Å². The van der Waals surface area contributed by atoms with Crippen LogP contribution in [0.2, 0.25) is 0 Å². The van der Waals surface area contributed by atoms with Crippen molar-refractivity contribution in [1.82, 2.24) is 24.9 Å². The van der Waals surface area contributed by atoms with Crippen LogP contribution in [0.25, 0.3) is 34.0 Å². The molecule has 40 heavy (non-hydrogen) atoms. The molecule has 1 aliphatic rings. The monoisotopic (exact) mass is 553 g/mol. The number of aromatic amines is 1. The minimum Gasteiger partial charge on any atom is -0.494 e. The lowest BCUT2D eigenvalue weighted by atomic mass is 10.1. The van der Waals surface area contributed by atoms with E-state index in [1.54, 1.807) is 25.1 Å². The Morgan fingerprint density at radius 2 is 2.02 bits per heavy atom. The molecule has 1 unspecified atom stereocenters. The average Bonchev–Trinajstić information content (AvgIpc) is 3.63. The number of amides is 1. The third-order valence-corrected chi connectivity index (χ3v) is 6.30.